The van der Waals surface area contributed by atoms with Gasteiger partial charge in [-0.05, 0) is 38.0 Å². The highest BCUT2D eigenvalue weighted by Gasteiger charge is 2.14. The average molecular weight is 267 g/mol. The maximum atomic E-state index is 11.7. The summed E-state index contributed by atoms with van der Waals surface area (Å²) in [6, 6.07) is 5.70. The first kappa shape index (κ1) is 14.6. The molecule has 1 aromatic carbocycles. The van der Waals surface area contributed by atoms with E-state index >= 15 is 0 Å². The fourth-order valence-electron chi connectivity index (χ4n) is 1.34. The van der Waals surface area contributed by atoms with E-state index in [1.807, 2.05) is 32.0 Å². The maximum absolute atomic E-state index is 11.7. The molecule has 98 valence electrons. The third kappa shape index (κ3) is 4.07. The number of nitrogens with one attached hydrogen (secondary N) is 1. The third-order valence-electron chi connectivity index (χ3n) is 2.69. The number of hydrogen-bond acceptors (Lipinski definition) is 3. The maximum Gasteiger partial charge on any atom is 0.316 e. The smallest absolute Gasteiger partial charge is 0.316 e. The SMILES string of the molecule is Cc1cccc(NC(=O)CSC(C)C(=O)O)c1C. The second-order valence-corrected chi connectivity index (χ2v) is 5.42. The summed E-state index contributed by atoms with van der Waals surface area (Å²) in [7, 11) is 0. The van der Waals surface area contributed by atoms with Crippen LogP contribution in [0, 0.1) is 13.8 Å². The molecule has 1 amide bonds. The zero-order valence-electron chi connectivity index (χ0n) is 10.7. The Bertz CT molecular complexity index is 460. The summed E-state index contributed by atoms with van der Waals surface area (Å²) in [5, 5.41) is 10.9. The predicted molar refractivity (Wildman–Crippen MR) is 74.1 cm³/mol. The highest BCUT2D eigenvalue weighted by atomic mass is 32.2. The normalized spacial score (nSPS) is 11.9. The minimum absolute atomic E-state index is 0.140. The van der Waals surface area contributed by atoms with Crippen LogP contribution >= 0.6 is 11.8 Å². The average Bonchev–Trinajstić information content (AvgIpc) is 2.32. The summed E-state index contributed by atoms with van der Waals surface area (Å²) in [6.07, 6.45) is 0. The van der Waals surface area contributed by atoms with Crippen molar-refractivity contribution in [2.75, 3.05) is 11.1 Å². The molecule has 0 aliphatic rings. The molecule has 0 bridgehead atoms. The Hall–Kier alpha value is -1.49. The van der Waals surface area contributed by atoms with Crippen molar-refractivity contribution in [3.63, 3.8) is 0 Å². The molecule has 0 saturated carbocycles. The van der Waals surface area contributed by atoms with E-state index in [-0.39, 0.29) is 11.7 Å². The number of benzene rings is 1. The number of carboxylic acid groups (broad SMARTS) is 1. The van der Waals surface area contributed by atoms with Crippen LogP contribution in [-0.4, -0.2) is 28.0 Å². The molecule has 2 N–H and O–H groups in total. The van der Waals surface area contributed by atoms with E-state index in [2.05, 4.69) is 5.32 Å². The van der Waals surface area contributed by atoms with Gasteiger partial charge in [0.15, 0.2) is 0 Å². The van der Waals surface area contributed by atoms with Crippen molar-refractivity contribution in [3.05, 3.63) is 29.3 Å². The van der Waals surface area contributed by atoms with E-state index in [0.29, 0.717) is 0 Å². The number of aryl methyl sites for hydroxylation is 1. The van der Waals surface area contributed by atoms with Crippen LogP contribution in [0.4, 0.5) is 5.69 Å². The molecule has 0 aliphatic heterocycles. The van der Waals surface area contributed by atoms with Crippen LogP contribution in [0.5, 0.6) is 0 Å². The summed E-state index contributed by atoms with van der Waals surface area (Å²) in [6.45, 7) is 5.49. The van der Waals surface area contributed by atoms with Crippen molar-refractivity contribution in [2.24, 2.45) is 0 Å². The monoisotopic (exact) mass is 267 g/mol. The van der Waals surface area contributed by atoms with Crippen LogP contribution in [0.3, 0.4) is 0 Å². The van der Waals surface area contributed by atoms with Gasteiger partial charge in [0.2, 0.25) is 5.91 Å². The van der Waals surface area contributed by atoms with Gasteiger partial charge >= 0.3 is 5.97 Å². The van der Waals surface area contributed by atoms with Gasteiger partial charge in [-0.15, -0.1) is 11.8 Å². The number of carboxylic acids is 1. The topological polar surface area (TPSA) is 66.4 Å². The van der Waals surface area contributed by atoms with Gasteiger partial charge in [0.05, 0.1) is 11.0 Å². The quantitative estimate of drug-likeness (QED) is 0.860. The number of amides is 1. The lowest BCUT2D eigenvalue weighted by Gasteiger charge is -2.11. The first-order valence-electron chi connectivity index (χ1n) is 5.62. The Morgan fingerprint density at radius 2 is 2.06 bits per heavy atom. The second kappa shape index (κ2) is 6.44. The lowest BCUT2D eigenvalue weighted by atomic mass is 10.1. The Morgan fingerprint density at radius 1 is 1.39 bits per heavy atom. The molecule has 0 saturated heterocycles. The van der Waals surface area contributed by atoms with E-state index in [1.165, 1.54) is 0 Å². The molecule has 0 spiro atoms. The molecule has 0 fully saturated rings. The minimum Gasteiger partial charge on any atom is -0.480 e. The lowest BCUT2D eigenvalue weighted by Crippen LogP contribution is -2.19. The summed E-state index contributed by atoms with van der Waals surface area (Å²) in [4.78, 5) is 22.3. The second-order valence-electron chi connectivity index (χ2n) is 4.09. The molecule has 0 heterocycles. The first-order chi connectivity index (χ1) is 8.41. The van der Waals surface area contributed by atoms with E-state index < -0.39 is 11.2 Å². The number of anilines is 1. The van der Waals surface area contributed by atoms with Crippen LogP contribution in [0.2, 0.25) is 0 Å². The van der Waals surface area contributed by atoms with Crippen molar-refractivity contribution in [1.82, 2.24) is 0 Å². The van der Waals surface area contributed by atoms with E-state index in [4.69, 9.17) is 5.11 Å². The van der Waals surface area contributed by atoms with Gasteiger partial charge in [0.1, 0.15) is 0 Å². The molecule has 1 aromatic rings. The van der Waals surface area contributed by atoms with Gasteiger partial charge in [-0.3, -0.25) is 9.59 Å². The van der Waals surface area contributed by atoms with Crippen LogP contribution in [0.1, 0.15) is 18.1 Å². The van der Waals surface area contributed by atoms with Crippen molar-refractivity contribution < 1.29 is 14.7 Å². The molecule has 1 rings (SSSR count). The van der Waals surface area contributed by atoms with Crippen molar-refractivity contribution in [3.8, 4) is 0 Å². The Kier molecular flexibility index (Phi) is 5.22. The molecule has 1 atom stereocenters. The predicted octanol–water partition coefficient (Wildman–Crippen LogP) is 2.45. The molecule has 18 heavy (non-hydrogen) atoms. The van der Waals surface area contributed by atoms with Gasteiger partial charge in [-0.1, -0.05) is 12.1 Å². The summed E-state index contributed by atoms with van der Waals surface area (Å²) in [5.41, 5.74) is 2.92. The molecular formula is C13H17NO3S. The van der Waals surface area contributed by atoms with E-state index in [9.17, 15) is 9.59 Å². The molecule has 0 aliphatic carbocycles. The third-order valence-corrected chi connectivity index (χ3v) is 3.82. The number of aliphatic carboxylic acids is 1. The fraction of sp³-hybridized carbons (Fsp3) is 0.385. The highest BCUT2D eigenvalue weighted by molar-refractivity contribution is 8.01. The van der Waals surface area contributed by atoms with Gasteiger partial charge in [-0.25, -0.2) is 0 Å². The summed E-state index contributed by atoms with van der Waals surface area (Å²) in [5.74, 6) is -0.942. The number of carbonyl (C=O) groups is 2. The van der Waals surface area contributed by atoms with E-state index in [0.717, 1.165) is 28.6 Å². The fourth-order valence-corrected chi connectivity index (χ4v) is 1.96. The zero-order chi connectivity index (χ0) is 13.7. The number of rotatable bonds is 5. The summed E-state index contributed by atoms with van der Waals surface area (Å²) >= 11 is 1.11. The molecule has 0 radical (unpaired) electrons. The van der Waals surface area contributed by atoms with Crippen LogP contribution < -0.4 is 5.32 Å². The van der Waals surface area contributed by atoms with Crippen LogP contribution in [-0.2, 0) is 9.59 Å². The van der Waals surface area contributed by atoms with Crippen LogP contribution in [0.15, 0.2) is 18.2 Å². The standard InChI is InChI=1S/C13H17NO3S/c1-8-5-4-6-11(9(8)2)14-12(15)7-18-10(3)13(16)17/h4-6,10H,7H2,1-3H3,(H,14,15)(H,16,17). The molecule has 5 heteroatoms. The van der Waals surface area contributed by atoms with Gasteiger partial charge < -0.3 is 10.4 Å². The van der Waals surface area contributed by atoms with Crippen molar-refractivity contribution in [1.29, 1.82) is 0 Å². The Morgan fingerprint density at radius 3 is 2.67 bits per heavy atom. The Balaban J connectivity index is 2.55. The van der Waals surface area contributed by atoms with Crippen molar-refractivity contribution in [2.45, 2.75) is 26.0 Å². The molecular weight excluding hydrogens is 250 g/mol. The number of hydrogen-bond donors (Lipinski definition) is 2. The molecule has 4 nitrogen and oxygen atoms in total. The number of carbonyl (C=O) groups excluding carboxylic acids is 1. The molecule has 1 unspecified atom stereocenters. The highest BCUT2D eigenvalue weighted by Crippen LogP contribution is 2.18. The zero-order valence-corrected chi connectivity index (χ0v) is 11.5. The van der Waals surface area contributed by atoms with Gasteiger partial charge in [0, 0.05) is 5.69 Å². The molecule has 0 aromatic heterocycles. The van der Waals surface area contributed by atoms with Crippen LogP contribution in [0.25, 0.3) is 0 Å². The lowest BCUT2D eigenvalue weighted by molar-refractivity contribution is -0.136. The number of thioether (sulfide) groups is 1. The minimum atomic E-state index is -0.903. The Labute approximate surface area is 111 Å². The van der Waals surface area contributed by atoms with Crippen molar-refractivity contribution >= 4 is 29.3 Å². The largest absolute Gasteiger partial charge is 0.480 e. The van der Waals surface area contributed by atoms with Gasteiger partial charge in [0.25, 0.3) is 0 Å². The first-order valence-corrected chi connectivity index (χ1v) is 6.67. The van der Waals surface area contributed by atoms with E-state index in [1.54, 1.807) is 6.92 Å². The van der Waals surface area contributed by atoms with Gasteiger partial charge in [-0.2, -0.15) is 0 Å². The summed E-state index contributed by atoms with van der Waals surface area (Å²) < 4.78 is 0.